The molecule has 0 unspecified atom stereocenters. The first-order valence-corrected chi connectivity index (χ1v) is 18.4. The number of piperidine rings is 1. The molecule has 11 heteroatoms. The molecule has 1 saturated heterocycles. The third kappa shape index (κ3) is 11.6. The van der Waals surface area contributed by atoms with Gasteiger partial charge in [0.1, 0.15) is 29.0 Å². The lowest BCUT2D eigenvalue weighted by atomic mass is 9.84. The number of ether oxygens (including phenoxy) is 8. The monoisotopic (exact) mass is 745 g/mol. The molecular formula is C43H55NO10. The number of rotatable bonds is 18. The Kier molecular flexibility index (Phi) is 15.0. The van der Waals surface area contributed by atoms with Crippen LogP contribution in [0.25, 0.3) is 10.8 Å². The minimum atomic E-state index is -0.841. The number of amides is 1. The maximum Gasteiger partial charge on any atom is 0.410 e. The van der Waals surface area contributed by atoms with Gasteiger partial charge in [0.05, 0.1) is 79.2 Å². The van der Waals surface area contributed by atoms with Crippen LogP contribution in [-0.2, 0) is 36.9 Å². The molecule has 0 aliphatic carbocycles. The van der Waals surface area contributed by atoms with Crippen molar-refractivity contribution in [2.75, 3.05) is 60.8 Å². The molecule has 1 aliphatic rings. The number of fused-ring (bicyclic) bond motifs is 1. The van der Waals surface area contributed by atoms with E-state index in [4.69, 9.17) is 37.9 Å². The number of hydrogen-bond donors (Lipinski definition) is 1. The first-order chi connectivity index (χ1) is 26.1. The van der Waals surface area contributed by atoms with Crippen molar-refractivity contribution in [1.82, 2.24) is 4.90 Å². The standard InChI is InChI=1S/C43H55NO10/c1-43(2,3)54-42(46)44-24-39(52-26-30-22-32-12-7-9-14-36(32)38(23-30)49-6)41(40(25-44)53-29-34(45)28-47-4)31-16-18-35(19-17-31)51-21-11-20-50-27-33-13-8-10-15-37(33)48-5/h7-10,12-19,22-23,34,39-41,45H,11,20-21,24-29H2,1-6H3/t34-,39+,40-,41-/m1/s1. The predicted molar refractivity (Wildman–Crippen MR) is 206 cm³/mol. The maximum absolute atomic E-state index is 13.5. The Morgan fingerprint density at radius 2 is 1.52 bits per heavy atom. The van der Waals surface area contributed by atoms with E-state index in [1.165, 1.54) is 7.11 Å². The number of para-hydroxylation sites is 1. The summed E-state index contributed by atoms with van der Waals surface area (Å²) in [6, 6.07) is 27.8. The Balaban J connectivity index is 1.32. The van der Waals surface area contributed by atoms with Crippen molar-refractivity contribution in [3.05, 3.63) is 102 Å². The van der Waals surface area contributed by atoms with Crippen LogP contribution in [0.15, 0.2) is 84.9 Å². The van der Waals surface area contributed by atoms with Crippen LogP contribution in [-0.4, -0.2) is 101 Å². The van der Waals surface area contributed by atoms with E-state index in [1.807, 2.05) is 99.6 Å². The van der Waals surface area contributed by atoms with Crippen molar-refractivity contribution < 1.29 is 47.8 Å². The molecule has 0 bridgehead atoms. The number of hydrogen-bond acceptors (Lipinski definition) is 10. The third-order valence-corrected chi connectivity index (χ3v) is 9.10. The summed E-state index contributed by atoms with van der Waals surface area (Å²) in [5.41, 5.74) is 2.21. The van der Waals surface area contributed by atoms with Crippen molar-refractivity contribution >= 4 is 16.9 Å². The molecule has 5 rings (SSSR count). The molecule has 0 saturated carbocycles. The second kappa shape index (κ2) is 19.8. The van der Waals surface area contributed by atoms with Gasteiger partial charge in [0.2, 0.25) is 0 Å². The molecule has 1 N–H and O–H groups in total. The number of aliphatic hydroxyl groups excluding tert-OH is 1. The van der Waals surface area contributed by atoms with Crippen molar-refractivity contribution in [1.29, 1.82) is 0 Å². The largest absolute Gasteiger partial charge is 0.496 e. The summed E-state index contributed by atoms with van der Waals surface area (Å²) in [4.78, 5) is 15.1. The molecule has 292 valence electrons. The number of methoxy groups -OCH3 is 3. The number of likely N-dealkylation sites (tertiary alicyclic amines) is 1. The highest BCUT2D eigenvalue weighted by atomic mass is 16.6. The van der Waals surface area contributed by atoms with Crippen molar-refractivity contribution in [2.45, 2.75) is 70.2 Å². The van der Waals surface area contributed by atoms with Gasteiger partial charge in [-0.05, 0) is 67.6 Å². The zero-order valence-corrected chi connectivity index (χ0v) is 32.3. The second-order valence-electron chi connectivity index (χ2n) is 14.4. The number of carbonyl (C=O) groups is 1. The molecule has 54 heavy (non-hydrogen) atoms. The lowest BCUT2D eigenvalue weighted by molar-refractivity contribution is -0.112. The average Bonchev–Trinajstić information content (AvgIpc) is 3.16. The van der Waals surface area contributed by atoms with Gasteiger partial charge in [0.25, 0.3) is 0 Å². The van der Waals surface area contributed by atoms with E-state index >= 15 is 0 Å². The second-order valence-corrected chi connectivity index (χ2v) is 14.4. The molecule has 1 aliphatic heterocycles. The van der Waals surface area contributed by atoms with Gasteiger partial charge < -0.3 is 47.9 Å². The van der Waals surface area contributed by atoms with Gasteiger partial charge in [0.15, 0.2) is 0 Å². The fourth-order valence-corrected chi connectivity index (χ4v) is 6.60. The third-order valence-electron chi connectivity index (χ3n) is 9.10. The average molecular weight is 746 g/mol. The maximum atomic E-state index is 13.5. The first kappa shape index (κ1) is 40.8. The number of carbonyl (C=O) groups excluding carboxylic acids is 1. The fraction of sp³-hybridized carbons (Fsp3) is 0.465. The zero-order valence-electron chi connectivity index (χ0n) is 32.3. The molecule has 0 spiro atoms. The Morgan fingerprint density at radius 1 is 0.815 bits per heavy atom. The summed E-state index contributed by atoms with van der Waals surface area (Å²) in [5.74, 6) is 2.00. The highest BCUT2D eigenvalue weighted by Gasteiger charge is 2.42. The van der Waals surface area contributed by atoms with Crippen LogP contribution in [0, 0.1) is 0 Å². The fourth-order valence-electron chi connectivity index (χ4n) is 6.60. The molecular weight excluding hydrogens is 690 g/mol. The molecule has 0 radical (unpaired) electrons. The molecule has 4 aromatic rings. The first-order valence-electron chi connectivity index (χ1n) is 18.4. The van der Waals surface area contributed by atoms with Gasteiger partial charge in [0, 0.05) is 30.4 Å². The van der Waals surface area contributed by atoms with Crippen LogP contribution < -0.4 is 14.2 Å². The summed E-state index contributed by atoms with van der Waals surface area (Å²) in [6.45, 7) is 7.95. The van der Waals surface area contributed by atoms with E-state index in [1.54, 1.807) is 19.1 Å². The van der Waals surface area contributed by atoms with Gasteiger partial charge in [-0.3, -0.25) is 0 Å². The van der Waals surface area contributed by atoms with Crippen molar-refractivity contribution in [3.63, 3.8) is 0 Å². The van der Waals surface area contributed by atoms with Crippen LogP contribution in [0.1, 0.15) is 49.8 Å². The minimum Gasteiger partial charge on any atom is -0.496 e. The summed E-state index contributed by atoms with van der Waals surface area (Å²) < 4.78 is 47.1. The molecule has 1 heterocycles. The molecule has 11 nitrogen and oxygen atoms in total. The quantitative estimate of drug-likeness (QED) is 0.105. The highest BCUT2D eigenvalue weighted by Crippen LogP contribution is 2.36. The molecule has 4 aromatic carbocycles. The number of aliphatic hydroxyl groups is 1. The normalized spacial score (nSPS) is 18.0. The van der Waals surface area contributed by atoms with Crippen LogP contribution in [0.2, 0.25) is 0 Å². The Hall–Kier alpha value is -4.39. The summed E-state index contributed by atoms with van der Waals surface area (Å²) in [5, 5.41) is 12.6. The minimum absolute atomic E-state index is 0.0199. The van der Waals surface area contributed by atoms with Crippen molar-refractivity contribution in [3.8, 4) is 17.2 Å². The van der Waals surface area contributed by atoms with E-state index < -0.39 is 30.0 Å². The zero-order chi connectivity index (χ0) is 38.5. The molecule has 1 fully saturated rings. The van der Waals surface area contributed by atoms with E-state index in [0.29, 0.717) is 19.8 Å². The topological polar surface area (TPSA) is 114 Å². The van der Waals surface area contributed by atoms with Gasteiger partial charge in [-0.2, -0.15) is 0 Å². The Bertz CT molecular complexity index is 1760. The van der Waals surface area contributed by atoms with Crippen LogP contribution in [0.3, 0.4) is 0 Å². The van der Waals surface area contributed by atoms with Gasteiger partial charge in [-0.25, -0.2) is 4.79 Å². The predicted octanol–water partition coefficient (Wildman–Crippen LogP) is 7.15. The number of benzene rings is 4. The lowest BCUT2D eigenvalue weighted by Gasteiger charge is -2.44. The van der Waals surface area contributed by atoms with Crippen LogP contribution in [0.4, 0.5) is 4.79 Å². The SMILES string of the molecule is COC[C@@H](O)CO[C@@H]1CN(C(=O)OC(C)(C)C)C[C@H](OCc2cc(OC)c3ccccc3c2)[C@H]1c1ccc(OCCCOCc2ccccc2OC)cc1. The van der Waals surface area contributed by atoms with Gasteiger partial charge in [-0.15, -0.1) is 0 Å². The van der Waals surface area contributed by atoms with E-state index in [-0.39, 0.29) is 38.8 Å². The van der Waals surface area contributed by atoms with Crippen molar-refractivity contribution in [2.24, 2.45) is 0 Å². The highest BCUT2D eigenvalue weighted by molar-refractivity contribution is 5.89. The summed E-state index contributed by atoms with van der Waals surface area (Å²) >= 11 is 0. The molecule has 4 atom stereocenters. The smallest absolute Gasteiger partial charge is 0.410 e. The van der Waals surface area contributed by atoms with Gasteiger partial charge >= 0.3 is 6.09 Å². The van der Waals surface area contributed by atoms with Crippen LogP contribution >= 0.6 is 0 Å². The van der Waals surface area contributed by atoms with E-state index in [0.717, 1.165) is 51.1 Å². The van der Waals surface area contributed by atoms with E-state index in [9.17, 15) is 9.90 Å². The summed E-state index contributed by atoms with van der Waals surface area (Å²) in [6.07, 6.45) is -1.59. The van der Waals surface area contributed by atoms with Crippen LogP contribution in [0.5, 0.6) is 17.2 Å². The summed E-state index contributed by atoms with van der Waals surface area (Å²) in [7, 11) is 4.84. The molecule has 1 amide bonds. The van der Waals surface area contributed by atoms with Gasteiger partial charge in [-0.1, -0.05) is 54.6 Å². The lowest BCUT2D eigenvalue weighted by Crippen LogP contribution is -2.55. The van der Waals surface area contributed by atoms with E-state index in [2.05, 4.69) is 6.07 Å². The Morgan fingerprint density at radius 3 is 2.24 bits per heavy atom. The number of nitrogens with zero attached hydrogens (tertiary/aromatic N) is 1. The molecule has 0 aromatic heterocycles. The Labute approximate surface area is 319 Å².